The van der Waals surface area contributed by atoms with Crippen molar-refractivity contribution in [2.75, 3.05) is 6.54 Å². The maximum absolute atomic E-state index is 12.5. The number of hydrogen-bond acceptors (Lipinski definition) is 3. The summed E-state index contributed by atoms with van der Waals surface area (Å²) in [4.78, 5) is 4.64. The van der Waals surface area contributed by atoms with Crippen molar-refractivity contribution >= 4 is 10.0 Å². The number of rotatable bonds is 2. The summed E-state index contributed by atoms with van der Waals surface area (Å²) in [5.74, 6) is 0. The van der Waals surface area contributed by atoms with E-state index in [9.17, 15) is 8.42 Å². The minimum Gasteiger partial charge on any atom is -0.261 e. The Morgan fingerprint density at radius 3 is 2.63 bits per heavy atom. The molecule has 2 heterocycles. The first-order valence-corrected chi connectivity index (χ1v) is 7.60. The summed E-state index contributed by atoms with van der Waals surface area (Å²) >= 11 is 0. The van der Waals surface area contributed by atoms with Gasteiger partial charge in [-0.2, -0.15) is 4.31 Å². The Bertz CT molecular complexity index is 684. The van der Waals surface area contributed by atoms with E-state index in [2.05, 4.69) is 4.98 Å². The van der Waals surface area contributed by atoms with E-state index in [-0.39, 0.29) is 0 Å². The van der Waals surface area contributed by atoms with Crippen molar-refractivity contribution in [1.29, 1.82) is 0 Å². The van der Waals surface area contributed by atoms with Crippen molar-refractivity contribution in [2.45, 2.75) is 17.9 Å². The average Bonchev–Trinajstić information content (AvgIpc) is 2.47. The molecule has 1 aliphatic rings. The minimum absolute atomic E-state index is 0.349. The Labute approximate surface area is 112 Å². The maximum Gasteiger partial charge on any atom is 0.243 e. The van der Waals surface area contributed by atoms with E-state index in [4.69, 9.17) is 0 Å². The van der Waals surface area contributed by atoms with Gasteiger partial charge in [0, 0.05) is 31.4 Å². The molecule has 0 N–H and O–H groups in total. The zero-order chi connectivity index (χ0) is 13.3. The van der Waals surface area contributed by atoms with Crippen LogP contribution in [0.5, 0.6) is 0 Å². The summed E-state index contributed by atoms with van der Waals surface area (Å²) in [6.07, 6.45) is 2.42. The van der Waals surface area contributed by atoms with Gasteiger partial charge in [-0.25, -0.2) is 8.42 Å². The summed E-state index contributed by atoms with van der Waals surface area (Å²) in [6, 6.07) is 12.3. The van der Waals surface area contributed by atoms with Gasteiger partial charge in [-0.3, -0.25) is 4.98 Å². The third kappa shape index (κ3) is 2.27. The molecule has 2 aromatic rings. The van der Waals surface area contributed by atoms with E-state index in [1.807, 2.05) is 18.2 Å². The third-order valence-electron chi connectivity index (χ3n) is 3.31. The number of nitrogens with zero attached hydrogens (tertiary/aromatic N) is 2. The summed E-state index contributed by atoms with van der Waals surface area (Å²) in [5, 5.41) is 0. The summed E-state index contributed by atoms with van der Waals surface area (Å²) < 4.78 is 26.5. The Balaban J connectivity index is 1.93. The van der Waals surface area contributed by atoms with Crippen LogP contribution < -0.4 is 0 Å². The molecule has 0 fully saturated rings. The number of pyridine rings is 1. The van der Waals surface area contributed by atoms with Crippen molar-refractivity contribution < 1.29 is 8.42 Å². The lowest BCUT2D eigenvalue weighted by Gasteiger charge is -2.27. The molecular formula is C14H14N2O2S. The van der Waals surface area contributed by atoms with E-state index < -0.39 is 10.0 Å². The molecule has 0 bridgehead atoms. The van der Waals surface area contributed by atoms with Crippen LogP contribution in [-0.4, -0.2) is 24.3 Å². The Morgan fingerprint density at radius 1 is 1.05 bits per heavy atom. The van der Waals surface area contributed by atoms with Crippen LogP contribution in [0.4, 0.5) is 0 Å². The Hall–Kier alpha value is -1.72. The molecule has 0 atom stereocenters. The van der Waals surface area contributed by atoms with Crippen LogP contribution in [0.1, 0.15) is 11.3 Å². The lowest BCUT2D eigenvalue weighted by Crippen LogP contribution is -2.36. The first kappa shape index (κ1) is 12.3. The first-order chi connectivity index (χ1) is 9.18. The van der Waals surface area contributed by atoms with Gasteiger partial charge < -0.3 is 0 Å². The zero-order valence-corrected chi connectivity index (χ0v) is 11.2. The van der Waals surface area contributed by atoms with Crippen LogP contribution in [0.25, 0.3) is 0 Å². The van der Waals surface area contributed by atoms with Crippen LogP contribution in [0.3, 0.4) is 0 Å². The summed E-state index contributed by atoms with van der Waals surface area (Å²) in [6.45, 7) is 0.891. The molecule has 1 aromatic carbocycles. The van der Waals surface area contributed by atoms with Crippen molar-refractivity contribution in [3.63, 3.8) is 0 Å². The maximum atomic E-state index is 12.5. The van der Waals surface area contributed by atoms with Crippen LogP contribution in [0.15, 0.2) is 53.6 Å². The quantitative estimate of drug-likeness (QED) is 0.839. The van der Waals surface area contributed by atoms with Gasteiger partial charge in [0.05, 0.1) is 4.90 Å². The van der Waals surface area contributed by atoms with Gasteiger partial charge in [-0.05, 0) is 23.8 Å². The molecule has 4 nitrogen and oxygen atoms in total. The first-order valence-electron chi connectivity index (χ1n) is 6.16. The van der Waals surface area contributed by atoms with Crippen LogP contribution in [0, 0.1) is 0 Å². The van der Waals surface area contributed by atoms with Gasteiger partial charge in [0.15, 0.2) is 0 Å². The van der Waals surface area contributed by atoms with E-state index in [0.29, 0.717) is 24.4 Å². The molecule has 0 aliphatic carbocycles. The highest BCUT2D eigenvalue weighted by Gasteiger charge is 2.28. The lowest BCUT2D eigenvalue weighted by molar-refractivity contribution is 0.388. The van der Waals surface area contributed by atoms with Gasteiger partial charge in [0.1, 0.15) is 0 Å². The molecule has 1 aliphatic heterocycles. The summed E-state index contributed by atoms with van der Waals surface area (Å²) in [5.41, 5.74) is 2.00. The number of sulfonamides is 1. The number of fused-ring (bicyclic) bond motifs is 1. The van der Waals surface area contributed by atoms with Gasteiger partial charge in [0.2, 0.25) is 10.0 Å². The molecule has 0 spiro atoms. The highest BCUT2D eigenvalue weighted by atomic mass is 32.2. The zero-order valence-electron chi connectivity index (χ0n) is 10.4. The summed E-state index contributed by atoms with van der Waals surface area (Å²) in [7, 11) is -3.40. The molecule has 19 heavy (non-hydrogen) atoms. The molecule has 0 amide bonds. The fourth-order valence-electron chi connectivity index (χ4n) is 2.29. The van der Waals surface area contributed by atoms with E-state index in [1.165, 1.54) is 4.31 Å². The molecule has 1 aromatic heterocycles. The monoisotopic (exact) mass is 274 g/mol. The minimum atomic E-state index is -3.40. The molecule has 0 saturated carbocycles. The van der Waals surface area contributed by atoms with Gasteiger partial charge in [-0.15, -0.1) is 0 Å². The second kappa shape index (κ2) is 4.75. The Kier molecular flexibility index (Phi) is 3.08. The largest absolute Gasteiger partial charge is 0.261 e. The highest BCUT2D eigenvalue weighted by Crippen LogP contribution is 2.23. The number of hydrogen-bond donors (Lipinski definition) is 0. The predicted octanol–water partition coefficient (Wildman–Crippen LogP) is 1.83. The molecule has 0 unspecified atom stereocenters. The van der Waals surface area contributed by atoms with Crippen LogP contribution in [-0.2, 0) is 23.0 Å². The lowest BCUT2D eigenvalue weighted by atomic mass is 10.1. The molecule has 98 valence electrons. The van der Waals surface area contributed by atoms with Gasteiger partial charge >= 0.3 is 0 Å². The second-order valence-electron chi connectivity index (χ2n) is 4.51. The normalized spacial score (nSPS) is 16.0. The topological polar surface area (TPSA) is 50.3 Å². The van der Waals surface area contributed by atoms with Crippen LogP contribution in [0.2, 0.25) is 0 Å². The Morgan fingerprint density at radius 2 is 1.84 bits per heavy atom. The van der Waals surface area contributed by atoms with E-state index >= 15 is 0 Å². The SMILES string of the molecule is O=S(=O)(c1ccccc1)N1CCc2ncccc2C1. The standard InChI is InChI=1S/C14H14N2O2S/c17-19(18,13-6-2-1-3-7-13)16-10-8-14-12(11-16)5-4-9-15-14/h1-7,9H,8,10-11H2. The van der Waals surface area contributed by atoms with E-state index in [0.717, 1.165) is 11.3 Å². The second-order valence-corrected chi connectivity index (χ2v) is 6.45. The molecule has 5 heteroatoms. The number of benzene rings is 1. The molecule has 3 rings (SSSR count). The van der Waals surface area contributed by atoms with Crippen molar-refractivity contribution in [2.24, 2.45) is 0 Å². The highest BCUT2D eigenvalue weighted by molar-refractivity contribution is 7.89. The smallest absolute Gasteiger partial charge is 0.243 e. The molecule has 0 saturated heterocycles. The van der Waals surface area contributed by atoms with Crippen molar-refractivity contribution in [3.05, 3.63) is 59.9 Å². The van der Waals surface area contributed by atoms with Crippen LogP contribution >= 0.6 is 0 Å². The predicted molar refractivity (Wildman–Crippen MR) is 72.0 cm³/mol. The van der Waals surface area contributed by atoms with E-state index in [1.54, 1.807) is 30.5 Å². The van der Waals surface area contributed by atoms with Crippen molar-refractivity contribution in [1.82, 2.24) is 9.29 Å². The average molecular weight is 274 g/mol. The number of aromatic nitrogens is 1. The molecule has 0 radical (unpaired) electrons. The fourth-order valence-corrected chi connectivity index (χ4v) is 3.73. The van der Waals surface area contributed by atoms with Gasteiger partial charge in [0.25, 0.3) is 0 Å². The fraction of sp³-hybridized carbons (Fsp3) is 0.214. The van der Waals surface area contributed by atoms with Crippen molar-refractivity contribution in [3.8, 4) is 0 Å². The third-order valence-corrected chi connectivity index (χ3v) is 5.17. The molecular weight excluding hydrogens is 260 g/mol. The van der Waals surface area contributed by atoms with Gasteiger partial charge in [-0.1, -0.05) is 24.3 Å².